The Morgan fingerprint density at radius 3 is 2.59 bits per heavy atom. The van der Waals surface area contributed by atoms with Crippen LogP contribution >= 0.6 is 22.6 Å². The van der Waals surface area contributed by atoms with Crippen molar-refractivity contribution in [1.82, 2.24) is 0 Å². The average Bonchev–Trinajstić information content (AvgIpc) is 2.29. The monoisotopic (exact) mass is 354 g/mol. The van der Waals surface area contributed by atoms with Crippen LogP contribution in [0, 0.1) is 11.6 Å². The summed E-state index contributed by atoms with van der Waals surface area (Å²) in [6, 6.07) is 2.66. The van der Waals surface area contributed by atoms with Crippen LogP contribution in [-0.2, 0) is 6.42 Å². The Morgan fingerprint density at radius 2 is 1.94 bits per heavy atom. The third-order valence-corrected chi connectivity index (χ3v) is 3.95. The van der Waals surface area contributed by atoms with Crippen molar-refractivity contribution >= 4 is 22.6 Å². The number of hydrogen-bond acceptors (Lipinski definition) is 1. The van der Waals surface area contributed by atoms with Crippen molar-refractivity contribution in [2.75, 3.05) is 0 Å². The molecule has 0 spiro atoms. The van der Waals surface area contributed by atoms with E-state index < -0.39 is 17.4 Å². The van der Waals surface area contributed by atoms with Crippen molar-refractivity contribution in [2.24, 2.45) is 0 Å². The summed E-state index contributed by atoms with van der Waals surface area (Å²) in [6.07, 6.45) is 4.68. The number of benzene rings is 1. The first-order valence-corrected chi connectivity index (χ1v) is 7.10. The van der Waals surface area contributed by atoms with Gasteiger partial charge >= 0.3 is 0 Å². The van der Waals surface area contributed by atoms with Crippen LogP contribution < -0.4 is 0 Å². The van der Waals surface area contributed by atoms with Crippen LogP contribution in [0.25, 0.3) is 0 Å². The lowest BCUT2D eigenvalue weighted by Crippen LogP contribution is -2.00. The van der Waals surface area contributed by atoms with Crippen LogP contribution in [0.1, 0.15) is 38.2 Å². The van der Waals surface area contributed by atoms with Gasteiger partial charge in [0, 0.05) is 3.92 Å². The van der Waals surface area contributed by atoms with E-state index in [-0.39, 0.29) is 0 Å². The van der Waals surface area contributed by atoms with Crippen LogP contribution in [0.2, 0.25) is 0 Å². The third-order valence-electron chi connectivity index (χ3n) is 2.71. The maximum Gasteiger partial charge on any atom is 0.200 e. The molecule has 0 aliphatic rings. The summed E-state index contributed by atoms with van der Waals surface area (Å²) in [5.41, 5.74) is 0.348. The second-order valence-electron chi connectivity index (χ2n) is 4.15. The van der Waals surface area contributed by atoms with Crippen molar-refractivity contribution in [3.05, 3.63) is 29.3 Å². The van der Waals surface area contributed by atoms with E-state index in [0.29, 0.717) is 15.9 Å². The van der Waals surface area contributed by atoms with E-state index in [1.54, 1.807) is 0 Å². The normalized spacial score (nSPS) is 12.7. The number of aryl methyl sites for hydroxylation is 1. The zero-order valence-electron chi connectivity index (χ0n) is 9.85. The molecule has 0 aromatic heterocycles. The average molecular weight is 354 g/mol. The van der Waals surface area contributed by atoms with E-state index >= 15 is 0 Å². The van der Waals surface area contributed by atoms with Gasteiger partial charge in [0.25, 0.3) is 0 Å². The summed E-state index contributed by atoms with van der Waals surface area (Å²) < 4.78 is 27.1. The van der Waals surface area contributed by atoms with Gasteiger partial charge in [0.2, 0.25) is 5.82 Å². The standard InChI is InChI=1S/C13H17F2IO/c1-2-4-10(16)6-3-5-9-7-8-11(17)13(15)12(9)14/h7-8,10,17H,2-6H2,1H3. The van der Waals surface area contributed by atoms with E-state index in [9.17, 15) is 8.78 Å². The second kappa shape index (κ2) is 7.13. The Hall–Kier alpha value is -0.390. The predicted octanol–water partition coefficient (Wildman–Crippen LogP) is 4.60. The lowest BCUT2D eigenvalue weighted by atomic mass is 10.0. The largest absolute Gasteiger partial charge is 0.505 e. The molecule has 1 aromatic rings. The molecular weight excluding hydrogens is 337 g/mol. The molecule has 4 heteroatoms. The molecule has 17 heavy (non-hydrogen) atoms. The quantitative estimate of drug-likeness (QED) is 0.585. The maximum atomic E-state index is 13.4. The lowest BCUT2D eigenvalue weighted by molar-refractivity contribution is 0.403. The van der Waals surface area contributed by atoms with E-state index in [2.05, 4.69) is 29.5 Å². The fraction of sp³-hybridized carbons (Fsp3) is 0.538. The van der Waals surface area contributed by atoms with Crippen molar-refractivity contribution in [3.8, 4) is 5.75 Å². The Labute approximate surface area is 114 Å². The first-order chi connectivity index (χ1) is 8.06. The number of aromatic hydroxyl groups is 1. The number of phenolic OH excluding ortho intramolecular Hbond substituents is 1. The zero-order valence-corrected chi connectivity index (χ0v) is 12.0. The van der Waals surface area contributed by atoms with Gasteiger partial charge < -0.3 is 5.11 Å². The maximum absolute atomic E-state index is 13.4. The number of rotatable bonds is 6. The molecule has 1 atom stereocenters. The Morgan fingerprint density at radius 1 is 1.24 bits per heavy atom. The molecule has 0 aliphatic heterocycles. The lowest BCUT2D eigenvalue weighted by Gasteiger charge is -2.09. The van der Waals surface area contributed by atoms with Gasteiger partial charge in [-0.2, -0.15) is 4.39 Å². The van der Waals surface area contributed by atoms with Crippen LogP contribution in [-0.4, -0.2) is 9.03 Å². The SMILES string of the molecule is CCCC(I)CCCc1ccc(O)c(F)c1F. The van der Waals surface area contributed by atoms with Gasteiger partial charge in [0.05, 0.1) is 0 Å². The van der Waals surface area contributed by atoms with Gasteiger partial charge in [-0.3, -0.25) is 0 Å². The molecule has 0 saturated heterocycles. The predicted molar refractivity (Wildman–Crippen MR) is 73.7 cm³/mol. The van der Waals surface area contributed by atoms with Crippen molar-refractivity contribution in [3.63, 3.8) is 0 Å². The molecule has 0 amide bonds. The molecule has 1 unspecified atom stereocenters. The van der Waals surface area contributed by atoms with E-state index in [1.165, 1.54) is 12.1 Å². The molecule has 1 rings (SSSR count). The summed E-state index contributed by atoms with van der Waals surface area (Å²) in [5.74, 6) is -2.67. The molecule has 1 N–H and O–H groups in total. The highest BCUT2D eigenvalue weighted by atomic mass is 127. The molecule has 0 saturated carbocycles. The molecule has 0 fully saturated rings. The van der Waals surface area contributed by atoms with Gasteiger partial charge in [-0.1, -0.05) is 42.0 Å². The minimum absolute atomic E-state index is 0.348. The summed E-state index contributed by atoms with van der Waals surface area (Å²) in [4.78, 5) is 0. The summed E-state index contributed by atoms with van der Waals surface area (Å²) in [7, 11) is 0. The fourth-order valence-corrected chi connectivity index (χ4v) is 2.81. The van der Waals surface area contributed by atoms with E-state index in [1.807, 2.05) is 0 Å². The van der Waals surface area contributed by atoms with E-state index in [0.717, 1.165) is 25.7 Å². The molecule has 0 heterocycles. The highest BCUT2D eigenvalue weighted by Crippen LogP contribution is 2.23. The van der Waals surface area contributed by atoms with Crippen molar-refractivity contribution in [1.29, 1.82) is 0 Å². The van der Waals surface area contributed by atoms with Gasteiger partial charge in [0.1, 0.15) is 0 Å². The van der Waals surface area contributed by atoms with Crippen molar-refractivity contribution in [2.45, 2.75) is 43.0 Å². The summed E-state index contributed by atoms with van der Waals surface area (Å²) in [6.45, 7) is 2.14. The second-order valence-corrected chi connectivity index (χ2v) is 5.91. The van der Waals surface area contributed by atoms with Gasteiger partial charge in [-0.05, 0) is 37.3 Å². The molecule has 1 nitrogen and oxygen atoms in total. The molecule has 0 bridgehead atoms. The topological polar surface area (TPSA) is 20.2 Å². The number of hydrogen-bond donors (Lipinski definition) is 1. The first kappa shape index (κ1) is 14.7. The fourth-order valence-electron chi connectivity index (χ4n) is 1.74. The number of phenols is 1. The summed E-state index contributed by atoms with van der Waals surface area (Å²) in [5, 5.41) is 8.99. The van der Waals surface area contributed by atoms with Crippen LogP contribution in [0.5, 0.6) is 5.75 Å². The number of alkyl halides is 1. The highest BCUT2D eigenvalue weighted by molar-refractivity contribution is 14.1. The smallest absolute Gasteiger partial charge is 0.200 e. The Bertz CT molecular complexity index is 369. The minimum atomic E-state index is -1.14. The summed E-state index contributed by atoms with van der Waals surface area (Å²) >= 11 is 2.40. The molecule has 1 aromatic carbocycles. The third kappa shape index (κ3) is 4.41. The van der Waals surface area contributed by atoms with E-state index in [4.69, 9.17) is 5.11 Å². The number of halogens is 3. The van der Waals surface area contributed by atoms with Crippen molar-refractivity contribution < 1.29 is 13.9 Å². The van der Waals surface area contributed by atoms with Gasteiger partial charge in [-0.25, -0.2) is 4.39 Å². The van der Waals surface area contributed by atoms with Gasteiger partial charge in [-0.15, -0.1) is 0 Å². The zero-order chi connectivity index (χ0) is 12.8. The van der Waals surface area contributed by atoms with Crippen LogP contribution in [0.15, 0.2) is 12.1 Å². The van der Waals surface area contributed by atoms with Crippen LogP contribution in [0.4, 0.5) is 8.78 Å². The Balaban J connectivity index is 2.50. The minimum Gasteiger partial charge on any atom is -0.505 e. The Kier molecular flexibility index (Phi) is 6.16. The van der Waals surface area contributed by atoms with Crippen LogP contribution in [0.3, 0.4) is 0 Å². The molecular formula is C13H17F2IO. The molecule has 0 radical (unpaired) electrons. The molecule has 0 aliphatic carbocycles. The first-order valence-electron chi connectivity index (χ1n) is 5.86. The highest BCUT2D eigenvalue weighted by Gasteiger charge is 2.12. The molecule has 96 valence electrons. The van der Waals surface area contributed by atoms with Gasteiger partial charge in [0.15, 0.2) is 11.6 Å².